The van der Waals surface area contributed by atoms with Crippen molar-refractivity contribution < 1.29 is 14.3 Å². The lowest BCUT2D eigenvalue weighted by atomic mass is 9.91. The Kier molecular flexibility index (Phi) is 10.5. The SMILES string of the molecule is CCC(C)(C)Oc1c2c(c(OC(C)(C)CC)c3c1SC(=c1c(C(C)(C)C)nn4nc(-c5cccc(NC(C)=O)c5)nc14)S3)SC(=C(C#N)c1ccccn1)S2. The summed E-state index contributed by atoms with van der Waals surface area (Å²) in [6, 6.07) is 15.6. The van der Waals surface area contributed by atoms with Gasteiger partial charge in [0, 0.05) is 29.8 Å². The van der Waals surface area contributed by atoms with E-state index in [2.05, 4.69) is 78.7 Å². The highest BCUT2D eigenvalue weighted by molar-refractivity contribution is 8.32. The van der Waals surface area contributed by atoms with E-state index < -0.39 is 11.2 Å². The molecule has 3 aromatic heterocycles. The first-order valence-corrected chi connectivity index (χ1v) is 21.4. The van der Waals surface area contributed by atoms with Crippen molar-refractivity contribution in [3.05, 3.63) is 69.5 Å². The molecule has 284 valence electrons. The number of pyridine rings is 1. The number of hydrogen-bond acceptors (Lipinski definition) is 12. The number of benzene rings is 2. The maximum Gasteiger partial charge on any atom is 0.221 e. The normalized spacial score (nSPS) is 14.2. The fraction of sp³-hybridized carbons (Fsp3) is 0.366. The molecular weight excluding hydrogens is 767 g/mol. The molecule has 5 heterocycles. The monoisotopic (exact) mass is 809 g/mol. The Morgan fingerprint density at radius 1 is 0.855 bits per heavy atom. The highest BCUT2D eigenvalue weighted by atomic mass is 32.2. The molecule has 55 heavy (non-hydrogen) atoms. The Balaban J connectivity index is 1.46. The number of allylic oxidation sites excluding steroid dienone is 1. The largest absolute Gasteiger partial charge is 0.485 e. The highest BCUT2D eigenvalue weighted by Gasteiger charge is 2.41. The van der Waals surface area contributed by atoms with Gasteiger partial charge in [0.25, 0.3) is 0 Å². The number of thioether (sulfide) groups is 4. The number of anilines is 1. The van der Waals surface area contributed by atoms with E-state index in [1.165, 1.54) is 6.92 Å². The molecule has 2 aromatic carbocycles. The van der Waals surface area contributed by atoms with Crippen LogP contribution < -0.4 is 20.0 Å². The molecule has 0 aliphatic carbocycles. The van der Waals surface area contributed by atoms with Gasteiger partial charge in [-0.1, -0.05) is 99.9 Å². The van der Waals surface area contributed by atoms with E-state index in [0.717, 1.165) is 68.9 Å². The molecule has 0 saturated heterocycles. The van der Waals surface area contributed by atoms with Gasteiger partial charge >= 0.3 is 0 Å². The van der Waals surface area contributed by atoms with Gasteiger partial charge in [-0.05, 0) is 64.8 Å². The first kappa shape index (κ1) is 39.1. The zero-order valence-corrected chi connectivity index (χ0v) is 35.8. The van der Waals surface area contributed by atoms with Gasteiger partial charge in [0.2, 0.25) is 5.91 Å². The molecule has 0 spiro atoms. The van der Waals surface area contributed by atoms with Crippen molar-refractivity contribution in [3.8, 4) is 29.0 Å². The topological polar surface area (TPSA) is 127 Å². The summed E-state index contributed by atoms with van der Waals surface area (Å²) in [6.07, 6.45) is 3.29. The van der Waals surface area contributed by atoms with Gasteiger partial charge in [0.15, 0.2) is 23.0 Å². The summed E-state index contributed by atoms with van der Waals surface area (Å²) in [5, 5.41) is 24.1. The summed E-state index contributed by atoms with van der Waals surface area (Å²) < 4.78 is 17.5. The maximum absolute atomic E-state index is 11.8. The third kappa shape index (κ3) is 7.68. The minimum Gasteiger partial charge on any atom is -0.485 e. The van der Waals surface area contributed by atoms with Crippen LogP contribution in [0, 0.1) is 11.3 Å². The standard InChI is InChI=1S/C41H43N7O3S4/c1-11-40(7,8)50-28-30-31(53-37(52-30)25(21-42)26-18-13-14-19-43-26)29(51-41(9,10)12-2)33-32(28)54-38(55-33)27-34(39(4,5)6)46-48-36(27)45-35(47-48)23-16-15-17-24(20-23)44-22(3)49/h13-20H,11-12H2,1-10H3,(H,44,49). The van der Waals surface area contributed by atoms with Crippen molar-refractivity contribution in [2.75, 3.05) is 5.32 Å². The summed E-state index contributed by atoms with van der Waals surface area (Å²) in [5.74, 6) is 1.92. The molecule has 5 aromatic rings. The summed E-state index contributed by atoms with van der Waals surface area (Å²) in [7, 11) is 0. The Labute approximate surface area is 338 Å². The van der Waals surface area contributed by atoms with Gasteiger partial charge in [-0.2, -0.15) is 10.4 Å². The van der Waals surface area contributed by atoms with Crippen molar-refractivity contribution >= 4 is 74.1 Å². The molecule has 0 atom stereocenters. The third-order valence-corrected chi connectivity index (χ3v) is 14.5. The zero-order valence-electron chi connectivity index (χ0n) is 32.6. The molecule has 0 bridgehead atoms. The molecule has 14 heteroatoms. The molecule has 2 aliphatic rings. The lowest BCUT2D eigenvalue weighted by molar-refractivity contribution is -0.114. The number of nitrogens with zero attached hydrogens (tertiary/aromatic N) is 6. The summed E-state index contributed by atoms with van der Waals surface area (Å²) in [5.41, 5.74) is 2.84. The Bertz CT molecular complexity index is 2420. The van der Waals surface area contributed by atoms with E-state index in [0.29, 0.717) is 28.4 Å². The smallest absolute Gasteiger partial charge is 0.221 e. The number of ether oxygens (including phenoxy) is 2. The molecule has 7 rings (SSSR count). The van der Waals surface area contributed by atoms with E-state index >= 15 is 0 Å². The Morgan fingerprint density at radius 2 is 1.47 bits per heavy atom. The van der Waals surface area contributed by atoms with Gasteiger partial charge in [-0.25, -0.2) is 4.98 Å². The lowest BCUT2D eigenvalue weighted by Crippen LogP contribution is -2.28. The van der Waals surface area contributed by atoms with Crippen LogP contribution in [0.4, 0.5) is 5.69 Å². The van der Waals surface area contributed by atoms with Crippen molar-refractivity contribution in [1.82, 2.24) is 24.8 Å². The number of amides is 1. The van der Waals surface area contributed by atoms with Gasteiger partial charge in [0.05, 0.1) is 50.2 Å². The van der Waals surface area contributed by atoms with E-state index in [4.69, 9.17) is 24.7 Å². The average Bonchev–Trinajstić information content (AvgIpc) is 3.93. The van der Waals surface area contributed by atoms with Crippen LogP contribution in [-0.2, 0) is 10.2 Å². The molecule has 0 radical (unpaired) electrons. The number of rotatable bonds is 9. The number of nitrogens with one attached hydrogen (secondary N) is 1. The fourth-order valence-corrected chi connectivity index (χ4v) is 11.2. The summed E-state index contributed by atoms with van der Waals surface area (Å²) in [6.45, 7) is 20.6. The van der Waals surface area contributed by atoms with Crippen molar-refractivity contribution in [2.24, 2.45) is 0 Å². The summed E-state index contributed by atoms with van der Waals surface area (Å²) in [4.78, 5) is 25.2. The average molecular weight is 810 g/mol. The van der Waals surface area contributed by atoms with Crippen LogP contribution in [0.2, 0.25) is 0 Å². The molecule has 2 aliphatic heterocycles. The van der Waals surface area contributed by atoms with Crippen molar-refractivity contribution in [2.45, 2.75) is 118 Å². The van der Waals surface area contributed by atoms with Crippen molar-refractivity contribution in [1.29, 1.82) is 5.26 Å². The lowest BCUT2D eigenvalue weighted by Gasteiger charge is -2.30. The van der Waals surface area contributed by atoms with E-state index in [-0.39, 0.29) is 11.3 Å². The second-order valence-corrected chi connectivity index (χ2v) is 20.2. The first-order chi connectivity index (χ1) is 26.0. The van der Waals surface area contributed by atoms with Crippen LogP contribution in [-0.4, -0.2) is 41.9 Å². The fourth-order valence-electron chi connectivity index (χ4n) is 5.76. The van der Waals surface area contributed by atoms with Crippen LogP contribution in [0.3, 0.4) is 0 Å². The Hall–Kier alpha value is -4.16. The van der Waals surface area contributed by atoms with Crippen LogP contribution >= 0.6 is 47.0 Å². The van der Waals surface area contributed by atoms with Gasteiger partial charge < -0.3 is 14.8 Å². The Morgan fingerprint density at radius 3 is 2.00 bits per heavy atom. The number of fused-ring (bicyclic) bond motifs is 3. The van der Waals surface area contributed by atoms with Gasteiger partial charge in [-0.15, -0.1) is 9.73 Å². The van der Waals surface area contributed by atoms with E-state index in [9.17, 15) is 10.1 Å². The third-order valence-electron chi connectivity index (χ3n) is 9.31. The predicted molar refractivity (Wildman–Crippen MR) is 224 cm³/mol. The molecule has 0 saturated carbocycles. The molecule has 1 N–H and O–H groups in total. The van der Waals surface area contributed by atoms with E-state index in [1.54, 1.807) is 57.9 Å². The number of carbonyl (C=O) groups is 1. The highest BCUT2D eigenvalue weighted by Crippen LogP contribution is 2.69. The molecule has 1 amide bonds. The van der Waals surface area contributed by atoms with Gasteiger partial charge in [0.1, 0.15) is 17.3 Å². The van der Waals surface area contributed by atoms with Gasteiger partial charge in [-0.3, -0.25) is 9.78 Å². The first-order valence-electron chi connectivity index (χ1n) is 18.1. The zero-order chi connectivity index (χ0) is 39.4. The maximum atomic E-state index is 11.8. The van der Waals surface area contributed by atoms with Crippen molar-refractivity contribution in [3.63, 3.8) is 0 Å². The number of nitriles is 1. The second kappa shape index (κ2) is 14.7. The molecule has 0 unspecified atom stereocenters. The predicted octanol–water partition coefficient (Wildman–Crippen LogP) is 10.3. The van der Waals surface area contributed by atoms with Crippen LogP contribution in [0.25, 0.3) is 26.8 Å². The van der Waals surface area contributed by atoms with Crippen LogP contribution in [0.5, 0.6) is 11.5 Å². The number of aromatic nitrogens is 5. The molecular formula is C41H43N7O3S4. The molecule has 10 nitrogen and oxygen atoms in total. The van der Waals surface area contributed by atoms with E-state index in [1.807, 2.05) is 42.5 Å². The van der Waals surface area contributed by atoms with Crippen LogP contribution in [0.1, 0.15) is 93.5 Å². The quantitative estimate of drug-likeness (QED) is 0.142. The minimum absolute atomic E-state index is 0.149. The molecule has 0 fully saturated rings. The minimum atomic E-state index is -0.475. The van der Waals surface area contributed by atoms with Crippen LogP contribution in [0.15, 0.2) is 72.5 Å². The second-order valence-electron chi connectivity index (χ2n) is 15.6. The number of carbonyl (C=O) groups excluding carboxylic acids is 1. The summed E-state index contributed by atoms with van der Waals surface area (Å²) >= 11 is 6.39. The number of hydrogen-bond donors (Lipinski definition) is 1.